The Morgan fingerprint density at radius 3 is 2.50 bits per heavy atom. The van der Waals surface area contributed by atoms with Crippen LogP contribution in [0.3, 0.4) is 0 Å². The molecule has 0 saturated heterocycles. The highest BCUT2D eigenvalue weighted by atomic mass is 32.2. The first-order valence-corrected chi connectivity index (χ1v) is 7.59. The molecule has 0 spiro atoms. The van der Waals surface area contributed by atoms with Crippen molar-refractivity contribution in [2.45, 2.75) is 38.2 Å². The van der Waals surface area contributed by atoms with E-state index in [-0.39, 0.29) is 22.5 Å². The van der Waals surface area contributed by atoms with Gasteiger partial charge in [-0.15, -0.1) is 0 Å². The molecule has 1 aromatic rings. The molecule has 0 aliphatic rings. The third kappa shape index (κ3) is 4.95. The van der Waals surface area contributed by atoms with Gasteiger partial charge in [0.25, 0.3) is 0 Å². The SMILES string of the molecule is CC(C)(C)CC(O)CNS(=O)(=O)c1c[nH]c(C(=O)O)c1. The first-order valence-electron chi connectivity index (χ1n) is 6.11. The number of hydrogen-bond acceptors (Lipinski definition) is 4. The van der Waals surface area contributed by atoms with Gasteiger partial charge in [-0.3, -0.25) is 0 Å². The van der Waals surface area contributed by atoms with Crippen LogP contribution in [0.4, 0.5) is 0 Å². The van der Waals surface area contributed by atoms with Gasteiger partial charge in [0.1, 0.15) is 10.6 Å². The number of carboxylic acids is 1. The Bertz CT molecular complexity index is 571. The molecule has 0 aliphatic carbocycles. The normalized spacial score (nSPS) is 14.2. The van der Waals surface area contributed by atoms with Gasteiger partial charge in [0, 0.05) is 12.7 Å². The third-order valence-corrected chi connectivity index (χ3v) is 3.96. The number of rotatable bonds is 6. The van der Waals surface area contributed by atoms with Gasteiger partial charge in [0.05, 0.1) is 6.10 Å². The second kappa shape index (κ2) is 5.94. The summed E-state index contributed by atoms with van der Waals surface area (Å²) in [4.78, 5) is 12.9. The molecule has 8 heteroatoms. The Morgan fingerprint density at radius 1 is 1.45 bits per heavy atom. The van der Waals surface area contributed by atoms with Crippen LogP contribution in [-0.4, -0.2) is 42.2 Å². The number of aromatic carboxylic acids is 1. The summed E-state index contributed by atoms with van der Waals surface area (Å²) in [5, 5.41) is 18.5. The minimum absolute atomic E-state index is 0.116. The van der Waals surface area contributed by atoms with Crippen LogP contribution in [0, 0.1) is 5.41 Å². The molecule has 0 amide bonds. The van der Waals surface area contributed by atoms with E-state index in [9.17, 15) is 18.3 Å². The number of nitrogens with one attached hydrogen (secondary N) is 2. The maximum absolute atomic E-state index is 11.9. The Labute approximate surface area is 118 Å². The van der Waals surface area contributed by atoms with Crippen LogP contribution in [0.25, 0.3) is 0 Å². The molecule has 0 radical (unpaired) electrons. The van der Waals surface area contributed by atoms with E-state index in [4.69, 9.17) is 5.11 Å². The molecule has 7 nitrogen and oxygen atoms in total. The van der Waals surface area contributed by atoms with Crippen LogP contribution in [0.2, 0.25) is 0 Å². The highest BCUT2D eigenvalue weighted by Gasteiger charge is 2.21. The Hall–Kier alpha value is -1.38. The topological polar surface area (TPSA) is 119 Å². The molecule has 1 atom stereocenters. The molecule has 0 bridgehead atoms. The third-order valence-electron chi connectivity index (χ3n) is 2.55. The van der Waals surface area contributed by atoms with Crippen molar-refractivity contribution >= 4 is 16.0 Å². The summed E-state index contributed by atoms with van der Waals surface area (Å²) >= 11 is 0. The lowest BCUT2D eigenvalue weighted by Gasteiger charge is -2.22. The molecule has 0 aromatic carbocycles. The predicted octanol–water partition coefficient (Wildman–Crippen LogP) is 0.788. The summed E-state index contributed by atoms with van der Waals surface area (Å²) in [6.45, 7) is 5.70. The molecule has 4 N–H and O–H groups in total. The molecule has 20 heavy (non-hydrogen) atoms. The fraction of sp³-hybridized carbons (Fsp3) is 0.583. The maximum atomic E-state index is 11.9. The van der Waals surface area contributed by atoms with E-state index in [1.54, 1.807) is 0 Å². The van der Waals surface area contributed by atoms with Crippen molar-refractivity contribution in [2.24, 2.45) is 5.41 Å². The number of sulfonamides is 1. The Morgan fingerprint density at radius 2 is 2.05 bits per heavy atom. The van der Waals surface area contributed by atoms with Crippen LogP contribution < -0.4 is 4.72 Å². The van der Waals surface area contributed by atoms with Crippen molar-refractivity contribution in [3.05, 3.63) is 18.0 Å². The van der Waals surface area contributed by atoms with Gasteiger partial charge in [-0.1, -0.05) is 20.8 Å². The van der Waals surface area contributed by atoms with E-state index in [1.807, 2.05) is 20.8 Å². The van der Waals surface area contributed by atoms with Crippen molar-refractivity contribution < 1.29 is 23.4 Å². The number of aromatic amines is 1. The molecule has 1 aromatic heterocycles. The number of aliphatic hydroxyl groups is 1. The molecular weight excluding hydrogens is 284 g/mol. The van der Waals surface area contributed by atoms with Gasteiger partial charge in [0.15, 0.2) is 0 Å². The van der Waals surface area contributed by atoms with Gasteiger partial charge >= 0.3 is 5.97 Å². The second-order valence-electron chi connectivity index (χ2n) is 5.82. The monoisotopic (exact) mass is 304 g/mol. The summed E-state index contributed by atoms with van der Waals surface area (Å²) in [7, 11) is -3.83. The highest BCUT2D eigenvalue weighted by Crippen LogP contribution is 2.20. The van der Waals surface area contributed by atoms with Crippen molar-refractivity contribution in [1.82, 2.24) is 9.71 Å². The van der Waals surface area contributed by atoms with Crippen LogP contribution in [-0.2, 0) is 10.0 Å². The number of carbonyl (C=O) groups is 1. The zero-order chi connectivity index (χ0) is 15.6. The quantitative estimate of drug-likeness (QED) is 0.619. The van der Waals surface area contributed by atoms with Gasteiger partial charge in [0.2, 0.25) is 10.0 Å². The van der Waals surface area contributed by atoms with Crippen molar-refractivity contribution in [1.29, 1.82) is 0 Å². The first-order chi connectivity index (χ1) is 9.01. The van der Waals surface area contributed by atoms with Crippen molar-refractivity contribution in [2.75, 3.05) is 6.54 Å². The summed E-state index contributed by atoms with van der Waals surface area (Å²) in [5.74, 6) is -1.24. The van der Waals surface area contributed by atoms with Gasteiger partial charge in [-0.2, -0.15) is 0 Å². The zero-order valence-electron chi connectivity index (χ0n) is 11.7. The van der Waals surface area contributed by atoms with Crippen molar-refractivity contribution in [3.63, 3.8) is 0 Å². The van der Waals surface area contributed by atoms with E-state index < -0.39 is 22.1 Å². The van der Waals surface area contributed by atoms with Crippen LogP contribution in [0.1, 0.15) is 37.7 Å². The van der Waals surface area contributed by atoms with E-state index >= 15 is 0 Å². The molecule has 0 saturated carbocycles. The van der Waals surface area contributed by atoms with Crippen LogP contribution >= 0.6 is 0 Å². The minimum Gasteiger partial charge on any atom is -0.477 e. The van der Waals surface area contributed by atoms with Crippen LogP contribution in [0.15, 0.2) is 17.2 Å². The minimum atomic E-state index is -3.83. The lowest BCUT2D eigenvalue weighted by Crippen LogP contribution is -2.34. The Kier molecular flexibility index (Phi) is 4.95. The summed E-state index contributed by atoms with van der Waals surface area (Å²) in [6.07, 6.45) is 0.743. The summed E-state index contributed by atoms with van der Waals surface area (Å²) in [5.41, 5.74) is -0.323. The molecular formula is C12H20N2O5S. The second-order valence-corrected chi connectivity index (χ2v) is 7.59. The fourth-order valence-corrected chi connectivity index (χ4v) is 2.79. The van der Waals surface area contributed by atoms with Gasteiger partial charge < -0.3 is 15.2 Å². The highest BCUT2D eigenvalue weighted by molar-refractivity contribution is 7.89. The zero-order valence-corrected chi connectivity index (χ0v) is 12.5. The molecule has 0 fully saturated rings. The number of hydrogen-bond donors (Lipinski definition) is 4. The lowest BCUT2D eigenvalue weighted by atomic mass is 9.89. The largest absolute Gasteiger partial charge is 0.477 e. The lowest BCUT2D eigenvalue weighted by molar-refractivity contribution is 0.0691. The van der Waals surface area contributed by atoms with E-state index in [0.717, 1.165) is 12.3 Å². The molecule has 1 unspecified atom stereocenters. The van der Waals surface area contributed by atoms with Crippen LogP contribution in [0.5, 0.6) is 0 Å². The van der Waals surface area contributed by atoms with E-state index in [0.29, 0.717) is 6.42 Å². The maximum Gasteiger partial charge on any atom is 0.352 e. The number of carboxylic acid groups (broad SMARTS) is 1. The fourth-order valence-electron chi connectivity index (χ4n) is 1.72. The molecule has 0 aliphatic heterocycles. The first kappa shape index (κ1) is 16.7. The van der Waals surface area contributed by atoms with Gasteiger partial charge in [-0.25, -0.2) is 17.9 Å². The summed E-state index contributed by atoms with van der Waals surface area (Å²) in [6, 6.07) is 1.03. The van der Waals surface area contributed by atoms with E-state index in [2.05, 4.69) is 9.71 Å². The molecule has 1 rings (SSSR count). The number of aliphatic hydroxyl groups excluding tert-OH is 1. The summed E-state index contributed by atoms with van der Waals surface area (Å²) < 4.78 is 26.1. The number of aromatic nitrogens is 1. The molecule has 1 heterocycles. The van der Waals surface area contributed by atoms with Gasteiger partial charge in [-0.05, 0) is 17.9 Å². The number of H-pyrrole nitrogens is 1. The average Bonchev–Trinajstić information content (AvgIpc) is 2.74. The average molecular weight is 304 g/mol. The van der Waals surface area contributed by atoms with Crippen molar-refractivity contribution in [3.8, 4) is 0 Å². The predicted molar refractivity (Wildman–Crippen MR) is 73.0 cm³/mol. The van der Waals surface area contributed by atoms with E-state index in [1.165, 1.54) is 0 Å². The Balaban J connectivity index is 2.68. The molecule has 114 valence electrons. The smallest absolute Gasteiger partial charge is 0.352 e. The standard InChI is InChI=1S/C12H20N2O5S/c1-12(2,3)5-8(15)6-14-20(18,19)9-4-10(11(16)17)13-7-9/h4,7-8,13-15H,5-6H2,1-3H3,(H,16,17).